The van der Waals surface area contributed by atoms with Crippen LogP contribution in [0.25, 0.3) is 0 Å². The van der Waals surface area contributed by atoms with E-state index >= 15 is 0 Å². The van der Waals surface area contributed by atoms with Gasteiger partial charge in [-0.05, 0) is 30.5 Å². The second-order valence-electron chi connectivity index (χ2n) is 5.65. The summed E-state index contributed by atoms with van der Waals surface area (Å²) in [7, 11) is 0. The Labute approximate surface area is 146 Å². The first-order valence-electron chi connectivity index (χ1n) is 7.84. The normalized spacial score (nSPS) is 19.6. The van der Waals surface area contributed by atoms with E-state index in [4.69, 9.17) is 0 Å². The van der Waals surface area contributed by atoms with E-state index in [1.54, 1.807) is 11.1 Å². The van der Waals surface area contributed by atoms with Gasteiger partial charge >= 0.3 is 0 Å². The van der Waals surface area contributed by atoms with Crippen LogP contribution >= 0.6 is 11.8 Å². The van der Waals surface area contributed by atoms with Crippen molar-refractivity contribution in [1.82, 2.24) is 4.90 Å². The monoisotopic (exact) mass is 337 g/mol. The fourth-order valence-electron chi connectivity index (χ4n) is 2.45. The van der Waals surface area contributed by atoms with Crippen molar-refractivity contribution in [1.29, 1.82) is 0 Å². The lowest BCUT2D eigenvalue weighted by molar-refractivity contribution is -0.126. The Hall–Kier alpha value is -2.40. The SMILES string of the molecule is Cc1ccccc1CN1C(=O)C(C)S/C1=N\N=C\c1ccccc1. The lowest BCUT2D eigenvalue weighted by Gasteiger charge is -2.16. The van der Waals surface area contributed by atoms with Crippen molar-refractivity contribution in [2.45, 2.75) is 25.6 Å². The molecule has 1 heterocycles. The molecule has 2 aromatic carbocycles. The molecule has 122 valence electrons. The maximum Gasteiger partial charge on any atom is 0.242 e. The van der Waals surface area contributed by atoms with Crippen LogP contribution in [0.4, 0.5) is 0 Å². The van der Waals surface area contributed by atoms with Crippen LogP contribution in [0.2, 0.25) is 0 Å². The Bertz CT molecular complexity index is 786. The molecule has 2 aromatic rings. The highest BCUT2D eigenvalue weighted by Gasteiger charge is 2.35. The van der Waals surface area contributed by atoms with Gasteiger partial charge in [0.2, 0.25) is 5.91 Å². The van der Waals surface area contributed by atoms with Gasteiger partial charge in [-0.1, -0.05) is 66.4 Å². The zero-order valence-electron chi connectivity index (χ0n) is 13.7. The van der Waals surface area contributed by atoms with Crippen molar-refractivity contribution in [3.63, 3.8) is 0 Å². The number of rotatable bonds is 4. The van der Waals surface area contributed by atoms with Crippen molar-refractivity contribution < 1.29 is 4.79 Å². The molecule has 0 radical (unpaired) electrons. The molecule has 1 atom stereocenters. The van der Waals surface area contributed by atoms with Gasteiger partial charge in [0, 0.05) is 0 Å². The number of hydrogen-bond donors (Lipinski definition) is 0. The van der Waals surface area contributed by atoms with Crippen LogP contribution in [0, 0.1) is 6.92 Å². The quantitative estimate of drug-likeness (QED) is 0.628. The summed E-state index contributed by atoms with van der Waals surface area (Å²) in [5.41, 5.74) is 3.27. The molecule has 4 nitrogen and oxygen atoms in total. The van der Waals surface area contributed by atoms with Crippen LogP contribution in [0.1, 0.15) is 23.6 Å². The topological polar surface area (TPSA) is 45.0 Å². The molecule has 1 amide bonds. The van der Waals surface area contributed by atoms with E-state index in [1.165, 1.54) is 17.3 Å². The van der Waals surface area contributed by atoms with Crippen molar-refractivity contribution in [3.05, 3.63) is 71.3 Å². The number of amides is 1. The summed E-state index contributed by atoms with van der Waals surface area (Å²) in [6.45, 7) is 4.49. The van der Waals surface area contributed by atoms with Gasteiger partial charge in [0.25, 0.3) is 0 Å². The maximum atomic E-state index is 12.4. The number of carbonyl (C=O) groups is 1. The second-order valence-corrected chi connectivity index (χ2v) is 6.96. The molecule has 0 spiro atoms. The Balaban J connectivity index is 1.80. The lowest BCUT2D eigenvalue weighted by atomic mass is 10.1. The minimum Gasteiger partial charge on any atom is -0.284 e. The van der Waals surface area contributed by atoms with Gasteiger partial charge in [-0.15, -0.1) is 5.10 Å². The van der Waals surface area contributed by atoms with E-state index in [9.17, 15) is 4.79 Å². The van der Waals surface area contributed by atoms with E-state index in [0.717, 1.165) is 11.1 Å². The van der Waals surface area contributed by atoms with Crippen LogP contribution in [0.15, 0.2) is 64.8 Å². The van der Waals surface area contributed by atoms with Crippen LogP contribution < -0.4 is 0 Å². The molecule has 0 bridgehead atoms. The highest BCUT2D eigenvalue weighted by Crippen LogP contribution is 2.29. The predicted molar refractivity (Wildman–Crippen MR) is 100 cm³/mol. The minimum atomic E-state index is -0.125. The summed E-state index contributed by atoms with van der Waals surface area (Å²) in [6.07, 6.45) is 1.70. The zero-order chi connectivity index (χ0) is 16.9. The number of carbonyl (C=O) groups excluding carboxylic acids is 1. The van der Waals surface area contributed by atoms with E-state index in [2.05, 4.69) is 23.2 Å². The first-order valence-corrected chi connectivity index (χ1v) is 8.72. The first kappa shape index (κ1) is 16.5. The summed E-state index contributed by atoms with van der Waals surface area (Å²) < 4.78 is 0. The minimum absolute atomic E-state index is 0.0805. The van der Waals surface area contributed by atoms with Crippen molar-refractivity contribution >= 4 is 29.1 Å². The molecule has 1 saturated heterocycles. The van der Waals surface area contributed by atoms with E-state index in [-0.39, 0.29) is 11.2 Å². The highest BCUT2D eigenvalue weighted by molar-refractivity contribution is 8.15. The number of benzene rings is 2. The third kappa shape index (κ3) is 3.74. The van der Waals surface area contributed by atoms with E-state index in [1.807, 2.05) is 55.5 Å². The Kier molecular flexibility index (Phi) is 5.11. The van der Waals surface area contributed by atoms with Gasteiger partial charge in [-0.2, -0.15) is 5.10 Å². The summed E-state index contributed by atoms with van der Waals surface area (Å²) in [5.74, 6) is 0.0805. The molecule has 5 heteroatoms. The molecule has 0 N–H and O–H groups in total. The number of aryl methyl sites for hydroxylation is 1. The number of amidine groups is 1. The van der Waals surface area contributed by atoms with Crippen LogP contribution in [-0.2, 0) is 11.3 Å². The summed E-state index contributed by atoms with van der Waals surface area (Å²) in [6, 6.07) is 17.9. The van der Waals surface area contributed by atoms with Gasteiger partial charge < -0.3 is 0 Å². The Morgan fingerprint density at radius 3 is 2.58 bits per heavy atom. The molecular formula is C19H19N3OS. The van der Waals surface area contributed by atoms with Crippen molar-refractivity contribution in [2.75, 3.05) is 0 Å². The average molecular weight is 337 g/mol. The van der Waals surface area contributed by atoms with Crippen molar-refractivity contribution in [3.8, 4) is 0 Å². The molecule has 1 aliphatic heterocycles. The summed E-state index contributed by atoms with van der Waals surface area (Å²) in [4.78, 5) is 14.2. The molecule has 3 rings (SSSR count). The van der Waals surface area contributed by atoms with Gasteiger partial charge in [-0.3, -0.25) is 9.69 Å². The smallest absolute Gasteiger partial charge is 0.242 e. The molecule has 1 unspecified atom stereocenters. The number of hydrogen-bond acceptors (Lipinski definition) is 4. The van der Waals surface area contributed by atoms with Crippen LogP contribution in [0.3, 0.4) is 0 Å². The molecular weight excluding hydrogens is 318 g/mol. The van der Waals surface area contributed by atoms with Gasteiger partial charge in [0.15, 0.2) is 5.17 Å². The molecule has 1 fully saturated rings. The third-order valence-corrected chi connectivity index (χ3v) is 4.93. The number of nitrogens with zero attached hydrogens (tertiary/aromatic N) is 3. The summed E-state index contributed by atoms with van der Waals surface area (Å²) in [5, 5.41) is 8.97. The molecule has 0 aliphatic carbocycles. The van der Waals surface area contributed by atoms with Gasteiger partial charge in [-0.25, -0.2) is 0 Å². The largest absolute Gasteiger partial charge is 0.284 e. The summed E-state index contributed by atoms with van der Waals surface area (Å²) >= 11 is 1.45. The Morgan fingerprint density at radius 2 is 1.83 bits per heavy atom. The zero-order valence-corrected chi connectivity index (χ0v) is 14.5. The standard InChI is InChI=1S/C19H19N3OS/c1-14-8-6-7-11-17(14)13-22-18(23)15(2)24-19(22)21-20-12-16-9-4-3-5-10-16/h3-12,15H,13H2,1-2H3/b20-12+,21-19-. The van der Waals surface area contributed by atoms with Crippen LogP contribution in [-0.4, -0.2) is 27.4 Å². The lowest BCUT2D eigenvalue weighted by Crippen LogP contribution is -2.31. The highest BCUT2D eigenvalue weighted by atomic mass is 32.2. The third-order valence-electron chi connectivity index (χ3n) is 3.87. The molecule has 0 saturated carbocycles. The van der Waals surface area contributed by atoms with E-state index in [0.29, 0.717) is 11.7 Å². The molecule has 0 aromatic heterocycles. The average Bonchev–Trinajstić information content (AvgIpc) is 2.85. The molecule has 24 heavy (non-hydrogen) atoms. The van der Waals surface area contributed by atoms with Gasteiger partial charge in [0.05, 0.1) is 18.0 Å². The second kappa shape index (κ2) is 7.45. The van der Waals surface area contributed by atoms with Crippen LogP contribution in [0.5, 0.6) is 0 Å². The first-order chi connectivity index (χ1) is 11.6. The number of thioether (sulfide) groups is 1. The fourth-order valence-corrected chi connectivity index (χ4v) is 3.37. The van der Waals surface area contributed by atoms with Crippen molar-refractivity contribution in [2.24, 2.45) is 10.2 Å². The molecule has 1 aliphatic rings. The Morgan fingerprint density at radius 1 is 1.12 bits per heavy atom. The predicted octanol–water partition coefficient (Wildman–Crippen LogP) is 3.85. The fraction of sp³-hybridized carbons (Fsp3) is 0.211. The van der Waals surface area contributed by atoms with E-state index < -0.39 is 0 Å². The maximum absolute atomic E-state index is 12.4. The van der Waals surface area contributed by atoms with Gasteiger partial charge in [0.1, 0.15) is 0 Å².